The Morgan fingerprint density at radius 1 is 1.26 bits per heavy atom. The maximum atomic E-state index is 6.08. The summed E-state index contributed by atoms with van der Waals surface area (Å²) in [6.45, 7) is 7.38. The zero-order valence-electron chi connectivity index (χ0n) is 16.9. The van der Waals surface area contributed by atoms with E-state index in [0.29, 0.717) is 12.6 Å². The maximum absolute atomic E-state index is 6.08. The van der Waals surface area contributed by atoms with Crippen molar-refractivity contribution in [2.45, 2.75) is 58.6 Å². The van der Waals surface area contributed by atoms with Crippen molar-refractivity contribution in [1.82, 2.24) is 15.6 Å². The molecule has 0 amide bonds. The number of pyridine rings is 1. The van der Waals surface area contributed by atoms with Crippen molar-refractivity contribution in [2.75, 3.05) is 26.8 Å². The van der Waals surface area contributed by atoms with Crippen molar-refractivity contribution in [3.05, 3.63) is 23.9 Å². The van der Waals surface area contributed by atoms with Gasteiger partial charge in [0.1, 0.15) is 6.10 Å². The number of hydrogen-bond donors (Lipinski definition) is 2. The first-order valence-corrected chi connectivity index (χ1v) is 9.85. The Morgan fingerprint density at radius 3 is 2.74 bits per heavy atom. The summed E-state index contributed by atoms with van der Waals surface area (Å²) < 4.78 is 11.4. The van der Waals surface area contributed by atoms with Crippen molar-refractivity contribution < 1.29 is 9.47 Å². The zero-order valence-corrected chi connectivity index (χ0v) is 19.2. The number of ether oxygens (including phenoxy) is 2. The van der Waals surface area contributed by atoms with Crippen LogP contribution >= 0.6 is 24.0 Å². The number of guanidine groups is 1. The van der Waals surface area contributed by atoms with Crippen LogP contribution in [0.25, 0.3) is 0 Å². The monoisotopic (exact) mass is 490 g/mol. The lowest BCUT2D eigenvalue weighted by atomic mass is 9.89. The summed E-state index contributed by atoms with van der Waals surface area (Å²) in [5.74, 6) is 2.34. The minimum absolute atomic E-state index is 0. The molecule has 0 unspecified atom stereocenters. The second-order valence-corrected chi connectivity index (χ2v) is 6.91. The lowest BCUT2D eigenvalue weighted by molar-refractivity contribution is 0.130. The Balaban J connectivity index is 0.00000364. The first kappa shape index (κ1) is 23.9. The number of aliphatic imine (C=N–C) groups is 1. The van der Waals surface area contributed by atoms with Gasteiger partial charge in [-0.15, -0.1) is 24.0 Å². The summed E-state index contributed by atoms with van der Waals surface area (Å²) in [6.07, 6.45) is 7.83. The van der Waals surface area contributed by atoms with Gasteiger partial charge in [-0.3, -0.25) is 4.99 Å². The largest absolute Gasteiger partial charge is 0.474 e. The van der Waals surface area contributed by atoms with E-state index in [0.717, 1.165) is 62.3 Å². The van der Waals surface area contributed by atoms with Gasteiger partial charge in [0.25, 0.3) is 0 Å². The number of rotatable bonds is 9. The average Bonchev–Trinajstić information content (AvgIpc) is 2.66. The van der Waals surface area contributed by atoms with Crippen molar-refractivity contribution in [2.24, 2.45) is 10.9 Å². The lowest BCUT2D eigenvalue weighted by Crippen LogP contribution is -2.37. The van der Waals surface area contributed by atoms with Crippen LogP contribution in [-0.4, -0.2) is 43.9 Å². The van der Waals surface area contributed by atoms with Gasteiger partial charge in [-0.2, -0.15) is 0 Å². The van der Waals surface area contributed by atoms with Crippen LogP contribution in [-0.2, 0) is 11.3 Å². The SMILES string of the molecule is CCOCCCNC(=NC)NCc1ccnc(OC2CCC(C)CC2)c1.I. The van der Waals surface area contributed by atoms with Gasteiger partial charge in [0.15, 0.2) is 5.96 Å². The van der Waals surface area contributed by atoms with E-state index in [1.54, 1.807) is 7.05 Å². The molecule has 0 atom stereocenters. The summed E-state index contributed by atoms with van der Waals surface area (Å²) in [6, 6.07) is 4.03. The van der Waals surface area contributed by atoms with Crippen LogP contribution in [0.2, 0.25) is 0 Å². The molecule has 1 heterocycles. The number of nitrogens with zero attached hydrogens (tertiary/aromatic N) is 2. The number of hydrogen-bond acceptors (Lipinski definition) is 4. The molecule has 2 N–H and O–H groups in total. The predicted octanol–water partition coefficient (Wildman–Crippen LogP) is 3.75. The fraction of sp³-hybridized carbons (Fsp3) is 0.700. The van der Waals surface area contributed by atoms with Crippen LogP contribution in [0.5, 0.6) is 5.88 Å². The highest BCUT2D eigenvalue weighted by Gasteiger charge is 2.19. The highest BCUT2D eigenvalue weighted by Crippen LogP contribution is 2.26. The summed E-state index contributed by atoms with van der Waals surface area (Å²) in [5.41, 5.74) is 1.14. The minimum atomic E-state index is 0. The molecule has 1 saturated carbocycles. The Bertz CT molecular complexity index is 549. The van der Waals surface area contributed by atoms with Gasteiger partial charge in [-0.1, -0.05) is 6.92 Å². The first-order valence-electron chi connectivity index (χ1n) is 9.85. The topological polar surface area (TPSA) is 67.8 Å². The second-order valence-electron chi connectivity index (χ2n) is 6.91. The maximum Gasteiger partial charge on any atom is 0.213 e. The van der Waals surface area contributed by atoms with E-state index in [4.69, 9.17) is 9.47 Å². The van der Waals surface area contributed by atoms with Crippen molar-refractivity contribution in [3.63, 3.8) is 0 Å². The molecular weight excluding hydrogens is 455 g/mol. The van der Waals surface area contributed by atoms with E-state index in [-0.39, 0.29) is 24.0 Å². The van der Waals surface area contributed by atoms with E-state index in [1.807, 2.05) is 25.3 Å². The van der Waals surface area contributed by atoms with Crippen LogP contribution < -0.4 is 15.4 Å². The average molecular weight is 490 g/mol. The molecule has 0 radical (unpaired) electrons. The van der Waals surface area contributed by atoms with Gasteiger partial charge < -0.3 is 20.1 Å². The molecule has 7 heteroatoms. The quantitative estimate of drug-likeness (QED) is 0.239. The van der Waals surface area contributed by atoms with Crippen LogP contribution in [0.3, 0.4) is 0 Å². The van der Waals surface area contributed by atoms with E-state index >= 15 is 0 Å². The number of halogens is 1. The molecule has 1 aromatic heterocycles. The summed E-state index contributed by atoms with van der Waals surface area (Å²) in [7, 11) is 1.78. The van der Waals surface area contributed by atoms with Crippen LogP contribution in [0.1, 0.15) is 51.5 Å². The highest BCUT2D eigenvalue weighted by molar-refractivity contribution is 14.0. The smallest absolute Gasteiger partial charge is 0.213 e. The standard InChI is InChI=1S/C20H34N4O2.HI/c1-4-25-13-5-11-23-20(21-3)24-15-17-10-12-22-19(14-17)26-18-8-6-16(2)7-9-18;/h10,12,14,16,18H,4-9,11,13,15H2,1-3H3,(H2,21,23,24);1H. The third-order valence-electron chi connectivity index (χ3n) is 4.70. The molecule has 0 saturated heterocycles. The summed E-state index contributed by atoms with van der Waals surface area (Å²) >= 11 is 0. The third kappa shape index (κ3) is 9.60. The van der Waals surface area contributed by atoms with E-state index in [9.17, 15) is 0 Å². The molecule has 0 aliphatic heterocycles. The Morgan fingerprint density at radius 2 is 2.04 bits per heavy atom. The van der Waals surface area contributed by atoms with Crippen LogP contribution in [0.15, 0.2) is 23.3 Å². The second kappa shape index (κ2) is 14.0. The molecule has 6 nitrogen and oxygen atoms in total. The first-order chi connectivity index (χ1) is 12.7. The molecule has 0 spiro atoms. The van der Waals surface area contributed by atoms with Gasteiger partial charge >= 0.3 is 0 Å². The lowest BCUT2D eigenvalue weighted by Gasteiger charge is -2.26. The van der Waals surface area contributed by atoms with Crippen molar-refractivity contribution in [3.8, 4) is 5.88 Å². The summed E-state index contributed by atoms with van der Waals surface area (Å²) in [5, 5.41) is 6.62. The van der Waals surface area contributed by atoms with Crippen LogP contribution in [0.4, 0.5) is 0 Å². The van der Waals surface area contributed by atoms with E-state index in [1.165, 1.54) is 12.8 Å². The highest BCUT2D eigenvalue weighted by atomic mass is 127. The molecular formula is C20H35IN4O2. The Kier molecular flexibility index (Phi) is 12.4. The number of nitrogens with one attached hydrogen (secondary N) is 2. The van der Waals surface area contributed by atoms with E-state index in [2.05, 4.69) is 27.5 Å². The molecule has 154 valence electrons. The van der Waals surface area contributed by atoms with Gasteiger partial charge in [0.05, 0.1) is 0 Å². The molecule has 27 heavy (non-hydrogen) atoms. The van der Waals surface area contributed by atoms with Gasteiger partial charge in [-0.05, 0) is 56.6 Å². The molecule has 1 aliphatic rings. The molecule has 0 bridgehead atoms. The molecule has 2 rings (SSSR count). The number of aromatic nitrogens is 1. The van der Waals surface area contributed by atoms with Crippen LogP contribution in [0, 0.1) is 5.92 Å². The predicted molar refractivity (Wildman–Crippen MR) is 121 cm³/mol. The Labute approximate surface area is 180 Å². The molecule has 1 aliphatic carbocycles. The molecule has 0 aromatic carbocycles. The van der Waals surface area contributed by atoms with Gasteiger partial charge in [0, 0.05) is 45.6 Å². The van der Waals surface area contributed by atoms with Gasteiger partial charge in [0.2, 0.25) is 5.88 Å². The third-order valence-corrected chi connectivity index (χ3v) is 4.70. The van der Waals surface area contributed by atoms with Crippen molar-refractivity contribution >= 4 is 29.9 Å². The van der Waals surface area contributed by atoms with Crippen molar-refractivity contribution in [1.29, 1.82) is 0 Å². The molecule has 1 aromatic rings. The van der Waals surface area contributed by atoms with Gasteiger partial charge in [-0.25, -0.2) is 4.98 Å². The fourth-order valence-electron chi connectivity index (χ4n) is 3.07. The normalized spacial score (nSPS) is 19.9. The fourth-order valence-corrected chi connectivity index (χ4v) is 3.07. The molecule has 1 fully saturated rings. The minimum Gasteiger partial charge on any atom is -0.474 e. The summed E-state index contributed by atoms with van der Waals surface area (Å²) in [4.78, 5) is 8.62. The zero-order chi connectivity index (χ0) is 18.6. The Hall–Kier alpha value is -1.09. The van der Waals surface area contributed by atoms with E-state index < -0.39 is 0 Å².